The molecular weight excluding hydrogens is 455 g/mol. The fourth-order valence-electron chi connectivity index (χ4n) is 2.71. The molecule has 0 saturated carbocycles. The number of amides is 1. The topological polar surface area (TPSA) is 91.8 Å². The van der Waals surface area contributed by atoms with E-state index < -0.39 is 0 Å². The zero-order valence-corrected chi connectivity index (χ0v) is 18.5. The van der Waals surface area contributed by atoms with Gasteiger partial charge in [0.2, 0.25) is 0 Å². The molecule has 3 heterocycles. The Morgan fingerprint density at radius 1 is 0.871 bits per heavy atom. The van der Waals surface area contributed by atoms with Crippen LogP contribution < -0.4 is 16.0 Å². The van der Waals surface area contributed by atoms with E-state index in [1.807, 2.05) is 31.2 Å². The Labute approximate surface area is 192 Å². The number of thiophene rings is 1. The molecule has 31 heavy (non-hydrogen) atoms. The summed E-state index contributed by atoms with van der Waals surface area (Å²) < 4.78 is 0.821. The van der Waals surface area contributed by atoms with Gasteiger partial charge in [-0.2, -0.15) is 0 Å². The number of rotatable bonds is 6. The second-order valence-electron chi connectivity index (χ2n) is 6.53. The van der Waals surface area contributed by atoms with E-state index in [1.165, 1.54) is 6.33 Å². The molecule has 3 aromatic heterocycles. The Hall–Kier alpha value is -3.20. The van der Waals surface area contributed by atoms with E-state index in [0.29, 0.717) is 37.4 Å². The van der Waals surface area contributed by atoms with Crippen LogP contribution in [0.15, 0.2) is 61.1 Å². The van der Waals surface area contributed by atoms with Gasteiger partial charge in [-0.3, -0.25) is 4.79 Å². The number of halogens is 2. The molecule has 1 aromatic carbocycles. The molecule has 0 radical (unpaired) electrons. The lowest BCUT2D eigenvalue weighted by Gasteiger charge is -2.10. The summed E-state index contributed by atoms with van der Waals surface area (Å²) in [4.78, 5) is 25.1. The minimum atomic E-state index is -0.315. The van der Waals surface area contributed by atoms with Gasteiger partial charge in [-0.25, -0.2) is 15.0 Å². The van der Waals surface area contributed by atoms with Gasteiger partial charge in [0.25, 0.3) is 5.91 Å². The highest BCUT2D eigenvalue weighted by molar-refractivity contribution is 7.20. The molecule has 0 aliphatic heterocycles. The monoisotopic (exact) mass is 470 g/mol. The van der Waals surface area contributed by atoms with Crippen LogP contribution in [0.2, 0.25) is 8.67 Å². The number of nitrogens with zero attached hydrogens (tertiary/aromatic N) is 3. The molecule has 0 spiro atoms. The number of aromatic nitrogens is 3. The summed E-state index contributed by atoms with van der Waals surface area (Å²) in [5, 5.41) is 9.16. The Morgan fingerprint density at radius 2 is 1.55 bits per heavy atom. The predicted molar refractivity (Wildman–Crippen MR) is 126 cm³/mol. The summed E-state index contributed by atoms with van der Waals surface area (Å²) in [5.41, 5.74) is 2.88. The van der Waals surface area contributed by atoms with Crippen molar-refractivity contribution in [3.8, 4) is 0 Å². The first-order chi connectivity index (χ1) is 15.0. The van der Waals surface area contributed by atoms with Crippen LogP contribution in [0.4, 0.5) is 28.8 Å². The molecule has 0 aliphatic carbocycles. The average Bonchev–Trinajstić information content (AvgIpc) is 3.08. The molecule has 7 nitrogen and oxygen atoms in total. The molecule has 156 valence electrons. The number of anilines is 5. The molecule has 0 bridgehead atoms. The molecule has 0 fully saturated rings. The summed E-state index contributed by atoms with van der Waals surface area (Å²) >= 11 is 13.1. The normalized spacial score (nSPS) is 10.5. The highest BCUT2D eigenvalue weighted by Crippen LogP contribution is 2.31. The lowest BCUT2D eigenvalue weighted by molar-refractivity contribution is 0.102. The van der Waals surface area contributed by atoms with Crippen LogP contribution in [0, 0.1) is 6.92 Å². The third-order valence-electron chi connectivity index (χ3n) is 4.16. The van der Waals surface area contributed by atoms with Crippen LogP contribution in [0.3, 0.4) is 0 Å². The Kier molecular flexibility index (Phi) is 6.31. The van der Waals surface area contributed by atoms with E-state index in [9.17, 15) is 4.79 Å². The molecule has 3 N–H and O–H groups in total. The van der Waals surface area contributed by atoms with Crippen LogP contribution in [-0.2, 0) is 0 Å². The van der Waals surface area contributed by atoms with Gasteiger partial charge in [-0.05, 0) is 55.0 Å². The third-order valence-corrected chi connectivity index (χ3v) is 5.64. The van der Waals surface area contributed by atoms with Gasteiger partial charge in [0.05, 0.1) is 9.90 Å². The second-order valence-corrected chi connectivity index (χ2v) is 8.81. The van der Waals surface area contributed by atoms with Crippen molar-refractivity contribution >= 4 is 69.3 Å². The minimum Gasteiger partial charge on any atom is -0.340 e. The minimum absolute atomic E-state index is 0.315. The van der Waals surface area contributed by atoms with Crippen molar-refractivity contribution in [2.24, 2.45) is 0 Å². The van der Waals surface area contributed by atoms with Crippen molar-refractivity contribution in [1.82, 2.24) is 15.0 Å². The number of benzene rings is 1. The van der Waals surface area contributed by atoms with Crippen LogP contribution in [-0.4, -0.2) is 20.9 Å². The SMILES string of the molecule is Cc1ccnc(Nc2cc(Nc3ccc(NC(=O)c4cc(Cl)sc4Cl)cc3)ncn2)c1. The van der Waals surface area contributed by atoms with E-state index in [0.717, 1.165) is 22.6 Å². The van der Waals surface area contributed by atoms with Gasteiger partial charge in [-0.15, -0.1) is 11.3 Å². The summed E-state index contributed by atoms with van der Waals surface area (Å²) in [5.74, 6) is 1.62. The average molecular weight is 471 g/mol. The molecular formula is C21H16Cl2N6OS. The molecule has 0 unspecified atom stereocenters. The highest BCUT2D eigenvalue weighted by Gasteiger charge is 2.14. The van der Waals surface area contributed by atoms with E-state index in [1.54, 1.807) is 30.5 Å². The lowest BCUT2D eigenvalue weighted by Crippen LogP contribution is -2.11. The Bertz CT molecular complexity index is 1230. The van der Waals surface area contributed by atoms with Crippen molar-refractivity contribution in [2.45, 2.75) is 6.92 Å². The molecule has 10 heteroatoms. The van der Waals surface area contributed by atoms with Crippen molar-refractivity contribution in [3.05, 3.63) is 80.9 Å². The first kappa shape index (κ1) is 21.0. The summed E-state index contributed by atoms with van der Waals surface area (Å²) in [6, 6.07) is 14.4. The van der Waals surface area contributed by atoms with Gasteiger partial charge in [-0.1, -0.05) is 23.2 Å². The zero-order valence-electron chi connectivity index (χ0n) is 16.2. The Morgan fingerprint density at radius 3 is 2.23 bits per heavy atom. The van der Waals surface area contributed by atoms with Crippen LogP contribution in [0.25, 0.3) is 0 Å². The molecule has 4 aromatic rings. The zero-order chi connectivity index (χ0) is 21.8. The van der Waals surface area contributed by atoms with Gasteiger partial charge in [0.15, 0.2) is 0 Å². The second kappa shape index (κ2) is 9.30. The number of carbonyl (C=O) groups excluding carboxylic acids is 1. The third kappa shape index (κ3) is 5.49. The number of hydrogen-bond acceptors (Lipinski definition) is 7. The van der Waals surface area contributed by atoms with Crippen LogP contribution in [0.1, 0.15) is 15.9 Å². The summed E-state index contributed by atoms with van der Waals surface area (Å²) in [7, 11) is 0. The van der Waals surface area contributed by atoms with E-state index in [2.05, 4.69) is 30.9 Å². The van der Waals surface area contributed by atoms with Crippen molar-refractivity contribution in [1.29, 1.82) is 0 Å². The maximum atomic E-state index is 12.3. The maximum absolute atomic E-state index is 12.3. The first-order valence-electron chi connectivity index (χ1n) is 9.11. The van der Waals surface area contributed by atoms with E-state index in [-0.39, 0.29) is 5.91 Å². The molecule has 0 saturated heterocycles. The van der Waals surface area contributed by atoms with E-state index in [4.69, 9.17) is 23.2 Å². The highest BCUT2D eigenvalue weighted by atomic mass is 35.5. The number of pyridine rings is 1. The first-order valence-corrected chi connectivity index (χ1v) is 10.7. The summed E-state index contributed by atoms with van der Waals surface area (Å²) in [6.07, 6.45) is 3.20. The molecule has 0 atom stereocenters. The van der Waals surface area contributed by atoms with Crippen LogP contribution in [0.5, 0.6) is 0 Å². The smallest absolute Gasteiger partial charge is 0.258 e. The van der Waals surface area contributed by atoms with Crippen molar-refractivity contribution in [2.75, 3.05) is 16.0 Å². The number of nitrogens with one attached hydrogen (secondary N) is 3. The lowest BCUT2D eigenvalue weighted by atomic mass is 10.2. The van der Waals surface area contributed by atoms with Crippen molar-refractivity contribution < 1.29 is 4.79 Å². The number of hydrogen-bond donors (Lipinski definition) is 3. The van der Waals surface area contributed by atoms with E-state index >= 15 is 0 Å². The predicted octanol–water partition coefficient (Wildman–Crippen LogP) is 6.29. The Balaban J connectivity index is 1.41. The van der Waals surface area contributed by atoms with Crippen LogP contribution >= 0.6 is 34.5 Å². The van der Waals surface area contributed by atoms with Crippen molar-refractivity contribution in [3.63, 3.8) is 0 Å². The molecule has 1 amide bonds. The van der Waals surface area contributed by atoms with Gasteiger partial charge in [0, 0.05) is 23.6 Å². The maximum Gasteiger partial charge on any atom is 0.258 e. The number of aryl methyl sites for hydroxylation is 1. The fourth-order valence-corrected chi connectivity index (χ4v) is 4.17. The number of carbonyl (C=O) groups is 1. The van der Waals surface area contributed by atoms with Gasteiger partial charge in [0.1, 0.15) is 28.1 Å². The van der Waals surface area contributed by atoms with Gasteiger partial charge >= 0.3 is 0 Å². The quantitative estimate of drug-likeness (QED) is 0.306. The fraction of sp³-hybridized carbons (Fsp3) is 0.0476. The largest absolute Gasteiger partial charge is 0.340 e. The molecule has 0 aliphatic rings. The summed E-state index contributed by atoms with van der Waals surface area (Å²) in [6.45, 7) is 2.00. The molecule has 4 rings (SSSR count). The standard InChI is InChI=1S/C21H16Cl2N6OS/c1-12-6-7-24-17(8-12)29-19-10-18(25-11-26-19)27-13-2-4-14(5-3-13)28-21(30)15-9-16(22)31-20(15)23/h2-11H,1H3,(H,28,30)(H2,24,25,26,27,29). The van der Waals surface area contributed by atoms with Gasteiger partial charge < -0.3 is 16.0 Å².